The zero-order valence-corrected chi connectivity index (χ0v) is 9.45. The Hall–Kier alpha value is -0.890. The Bertz CT molecular complexity index is 310. The van der Waals surface area contributed by atoms with Gasteiger partial charge in [0.15, 0.2) is 0 Å². The summed E-state index contributed by atoms with van der Waals surface area (Å²) >= 11 is 0. The van der Waals surface area contributed by atoms with Crippen molar-refractivity contribution in [1.82, 2.24) is 4.98 Å². The summed E-state index contributed by atoms with van der Waals surface area (Å²) in [6, 6.07) is 4.12. The maximum Gasteiger partial charge on any atom is 0.0300 e. The van der Waals surface area contributed by atoms with E-state index in [1.165, 1.54) is 24.8 Å². The van der Waals surface area contributed by atoms with Crippen LogP contribution in [0.2, 0.25) is 0 Å². The molecule has 1 aromatic rings. The van der Waals surface area contributed by atoms with Crippen molar-refractivity contribution in [2.75, 3.05) is 0 Å². The quantitative estimate of drug-likeness (QED) is 0.804. The van der Waals surface area contributed by atoms with Crippen LogP contribution in [0.1, 0.15) is 38.2 Å². The van der Waals surface area contributed by atoms with Gasteiger partial charge in [-0.2, -0.15) is 0 Å². The average molecular weight is 204 g/mol. The fraction of sp³-hybridized carbons (Fsp3) is 0.615. The minimum atomic E-state index is 0.00127. The molecule has 1 heterocycles. The van der Waals surface area contributed by atoms with E-state index in [-0.39, 0.29) is 5.54 Å². The predicted octanol–water partition coefficient (Wildman–Crippen LogP) is 2.53. The van der Waals surface area contributed by atoms with Crippen molar-refractivity contribution in [2.24, 2.45) is 11.7 Å². The molecule has 1 saturated carbocycles. The molecular formula is C13H20N2. The Labute approximate surface area is 91.9 Å². The molecule has 0 amide bonds. The van der Waals surface area contributed by atoms with Crippen molar-refractivity contribution in [2.45, 2.75) is 44.6 Å². The van der Waals surface area contributed by atoms with Crippen LogP contribution in [0.3, 0.4) is 0 Å². The number of nitrogens with two attached hydrogens (primary N) is 1. The largest absolute Gasteiger partial charge is 0.325 e. The van der Waals surface area contributed by atoms with Crippen molar-refractivity contribution in [1.29, 1.82) is 0 Å². The van der Waals surface area contributed by atoms with Crippen LogP contribution < -0.4 is 5.73 Å². The molecule has 0 radical (unpaired) electrons. The molecule has 1 fully saturated rings. The molecule has 1 aliphatic rings. The van der Waals surface area contributed by atoms with E-state index in [9.17, 15) is 0 Å². The first-order valence-electron chi connectivity index (χ1n) is 5.88. The smallest absolute Gasteiger partial charge is 0.0300 e. The Morgan fingerprint density at radius 3 is 3.07 bits per heavy atom. The van der Waals surface area contributed by atoms with Gasteiger partial charge in [-0.1, -0.05) is 25.8 Å². The van der Waals surface area contributed by atoms with Gasteiger partial charge < -0.3 is 5.73 Å². The lowest BCUT2D eigenvalue weighted by Crippen LogP contribution is -2.49. The zero-order chi connectivity index (χ0) is 10.7. The van der Waals surface area contributed by atoms with Crippen LogP contribution in [0.5, 0.6) is 0 Å². The minimum absolute atomic E-state index is 0.00127. The molecule has 2 N–H and O–H groups in total. The highest BCUT2D eigenvalue weighted by Gasteiger charge is 2.34. The topological polar surface area (TPSA) is 38.9 Å². The molecular weight excluding hydrogens is 184 g/mol. The summed E-state index contributed by atoms with van der Waals surface area (Å²) in [7, 11) is 0. The van der Waals surface area contributed by atoms with Crippen LogP contribution in [0.25, 0.3) is 0 Å². The Balaban J connectivity index is 2.09. The van der Waals surface area contributed by atoms with Crippen molar-refractivity contribution < 1.29 is 0 Å². The number of hydrogen-bond acceptors (Lipinski definition) is 2. The highest BCUT2D eigenvalue weighted by Crippen LogP contribution is 2.33. The van der Waals surface area contributed by atoms with Crippen molar-refractivity contribution >= 4 is 0 Å². The van der Waals surface area contributed by atoms with Gasteiger partial charge >= 0.3 is 0 Å². The molecule has 82 valence electrons. The van der Waals surface area contributed by atoms with Crippen LogP contribution in [-0.2, 0) is 6.42 Å². The third-order valence-corrected chi connectivity index (χ3v) is 3.77. The van der Waals surface area contributed by atoms with Gasteiger partial charge in [0.2, 0.25) is 0 Å². The molecule has 0 saturated heterocycles. The second-order valence-electron chi connectivity index (χ2n) is 4.92. The maximum atomic E-state index is 6.51. The standard InChI is InChI=1S/C13H20N2/c1-11-5-2-3-7-13(11,14)9-12-6-4-8-15-10-12/h4,6,8,10-11H,2-3,5,7,9,14H2,1H3. The number of nitrogens with zero attached hydrogens (tertiary/aromatic N) is 1. The molecule has 2 heteroatoms. The van der Waals surface area contributed by atoms with Gasteiger partial charge in [0.05, 0.1) is 0 Å². The fourth-order valence-electron chi connectivity index (χ4n) is 2.58. The van der Waals surface area contributed by atoms with E-state index in [1.54, 1.807) is 0 Å². The summed E-state index contributed by atoms with van der Waals surface area (Å²) in [5, 5.41) is 0. The molecule has 0 bridgehead atoms. The van der Waals surface area contributed by atoms with Gasteiger partial charge in [-0.05, 0) is 36.8 Å². The van der Waals surface area contributed by atoms with E-state index in [0.29, 0.717) is 5.92 Å². The third kappa shape index (κ3) is 2.37. The van der Waals surface area contributed by atoms with E-state index in [4.69, 9.17) is 5.73 Å². The van der Waals surface area contributed by atoms with E-state index in [0.717, 1.165) is 12.8 Å². The average Bonchev–Trinajstić information content (AvgIpc) is 2.24. The molecule has 2 rings (SSSR count). The first-order valence-corrected chi connectivity index (χ1v) is 5.88. The van der Waals surface area contributed by atoms with E-state index < -0.39 is 0 Å². The number of aromatic nitrogens is 1. The zero-order valence-electron chi connectivity index (χ0n) is 9.45. The number of pyridine rings is 1. The van der Waals surface area contributed by atoms with Gasteiger partial charge in [-0.3, -0.25) is 4.98 Å². The van der Waals surface area contributed by atoms with Gasteiger partial charge in [0.25, 0.3) is 0 Å². The summed E-state index contributed by atoms with van der Waals surface area (Å²) in [4.78, 5) is 4.15. The molecule has 2 unspecified atom stereocenters. The Kier molecular flexibility index (Phi) is 3.06. The van der Waals surface area contributed by atoms with E-state index in [1.807, 2.05) is 18.5 Å². The normalized spacial score (nSPS) is 31.5. The molecule has 1 aromatic heterocycles. The summed E-state index contributed by atoms with van der Waals surface area (Å²) in [6.45, 7) is 2.29. The highest BCUT2D eigenvalue weighted by atomic mass is 14.8. The Morgan fingerprint density at radius 2 is 2.40 bits per heavy atom. The van der Waals surface area contributed by atoms with Crippen LogP contribution >= 0.6 is 0 Å². The summed E-state index contributed by atoms with van der Waals surface area (Å²) < 4.78 is 0. The lowest BCUT2D eigenvalue weighted by Gasteiger charge is -2.39. The van der Waals surface area contributed by atoms with Gasteiger partial charge in [-0.25, -0.2) is 0 Å². The third-order valence-electron chi connectivity index (χ3n) is 3.77. The van der Waals surface area contributed by atoms with Crippen molar-refractivity contribution in [3.8, 4) is 0 Å². The first-order chi connectivity index (χ1) is 7.21. The Morgan fingerprint density at radius 1 is 1.53 bits per heavy atom. The first kappa shape index (κ1) is 10.6. The predicted molar refractivity (Wildman–Crippen MR) is 62.5 cm³/mol. The number of rotatable bonds is 2. The second kappa shape index (κ2) is 4.31. The molecule has 0 spiro atoms. The molecule has 0 aliphatic heterocycles. The van der Waals surface area contributed by atoms with Crippen LogP contribution in [-0.4, -0.2) is 10.5 Å². The van der Waals surface area contributed by atoms with E-state index >= 15 is 0 Å². The van der Waals surface area contributed by atoms with Crippen molar-refractivity contribution in [3.05, 3.63) is 30.1 Å². The second-order valence-corrected chi connectivity index (χ2v) is 4.92. The van der Waals surface area contributed by atoms with Crippen LogP contribution in [0.4, 0.5) is 0 Å². The summed E-state index contributed by atoms with van der Waals surface area (Å²) in [5.74, 6) is 0.631. The lowest BCUT2D eigenvalue weighted by atomic mass is 9.71. The minimum Gasteiger partial charge on any atom is -0.325 e. The summed E-state index contributed by atoms with van der Waals surface area (Å²) in [6.07, 6.45) is 9.78. The summed E-state index contributed by atoms with van der Waals surface area (Å²) in [5.41, 5.74) is 7.78. The molecule has 15 heavy (non-hydrogen) atoms. The monoisotopic (exact) mass is 204 g/mol. The SMILES string of the molecule is CC1CCCCC1(N)Cc1cccnc1. The molecule has 2 atom stereocenters. The maximum absolute atomic E-state index is 6.51. The van der Waals surface area contributed by atoms with Gasteiger partial charge in [0.1, 0.15) is 0 Å². The number of hydrogen-bond donors (Lipinski definition) is 1. The molecule has 2 nitrogen and oxygen atoms in total. The lowest BCUT2D eigenvalue weighted by molar-refractivity contribution is 0.204. The fourth-order valence-corrected chi connectivity index (χ4v) is 2.58. The highest BCUT2D eigenvalue weighted by molar-refractivity contribution is 5.14. The van der Waals surface area contributed by atoms with Crippen molar-refractivity contribution in [3.63, 3.8) is 0 Å². The van der Waals surface area contributed by atoms with Gasteiger partial charge in [-0.15, -0.1) is 0 Å². The van der Waals surface area contributed by atoms with E-state index in [2.05, 4.69) is 18.0 Å². The molecule has 0 aromatic carbocycles. The van der Waals surface area contributed by atoms with Gasteiger partial charge in [0, 0.05) is 17.9 Å². The van der Waals surface area contributed by atoms with Crippen LogP contribution in [0, 0.1) is 5.92 Å². The molecule has 1 aliphatic carbocycles. The van der Waals surface area contributed by atoms with Crippen LogP contribution in [0.15, 0.2) is 24.5 Å².